The molecule has 0 radical (unpaired) electrons. The molecule has 0 heterocycles. The Morgan fingerprint density at radius 3 is 2.46 bits per heavy atom. The van der Waals surface area contributed by atoms with Gasteiger partial charge in [0.15, 0.2) is 0 Å². The smallest absolute Gasteiger partial charge is 0.339 e. The summed E-state index contributed by atoms with van der Waals surface area (Å²) in [6.45, 7) is -0.0676. The molecule has 0 aliphatic heterocycles. The summed E-state index contributed by atoms with van der Waals surface area (Å²) in [7, 11) is 1.23. The molecule has 0 saturated heterocycles. The lowest BCUT2D eigenvalue weighted by atomic mass is 10.1. The van der Waals surface area contributed by atoms with Crippen molar-refractivity contribution in [3.05, 3.63) is 65.2 Å². The van der Waals surface area contributed by atoms with Crippen molar-refractivity contribution in [2.75, 3.05) is 19.0 Å². The van der Waals surface area contributed by atoms with Gasteiger partial charge >= 0.3 is 5.97 Å². The van der Waals surface area contributed by atoms with Gasteiger partial charge < -0.3 is 15.4 Å². The molecule has 0 atom stereocenters. The topological polar surface area (TPSA) is 84.5 Å². The van der Waals surface area contributed by atoms with Gasteiger partial charge in [0.2, 0.25) is 5.91 Å². The van der Waals surface area contributed by atoms with Crippen molar-refractivity contribution < 1.29 is 27.9 Å². The van der Waals surface area contributed by atoms with Crippen LogP contribution in [0.4, 0.5) is 14.5 Å². The lowest BCUT2D eigenvalue weighted by Gasteiger charge is -2.10. The second-order valence-corrected chi connectivity index (χ2v) is 5.22. The summed E-state index contributed by atoms with van der Waals surface area (Å²) in [5.74, 6) is -3.59. The minimum atomic E-state index is -0.987. The van der Waals surface area contributed by atoms with E-state index in [1.54, 1.807) is 12.1 Å². The van der Waals surface area contributed by atoms with Crippen molar-refractivity contribution in [1.29, 1.82) is 0 Å². The zero-order valence-electron chi connectivity index (χ0n) is 13.8. The van der Waals surface area contributed by atoms with Crippen LogP contribution in [0.3, 0.4) is 0 Å². The van der Waals surface area contributed by atoms with E-state index in [-0.39, 0.29) is 29.8 Å². The van der Waals surface area contributed by atoms with Crippen LogP contribution in [-0.4, -0.2) is 31.4 Å². The van der Waals surface area contributed by atoms with Gasteiger partial charge in [0.25, 0.3) is 5.91 Å². The van der Waals surface area contributed by atoms with Gasteiger partial charge in [-0.2, -0.15) is 0 Å². The molecule has 2 rings (SSSR count). The van der Waals surface area contributed by atoms with Gasteiger partial charge in [0.05, 0.1) is 23.9 Å². The van der Waals surface area contributed by atoms with Crippen LogP contribution in [0.2, 0.25) is 0 Å². The lowest BCUT2D eigenvalue weighted by Crippen LogP contribution is -2.28. The normalized spacial score (nSPS) is 10.1. The molecule has 2 aromatic carbocycles. The molecule has 0 bridgehead atoms. The molecule has 0 aliphatic carbocycles. The highest BCUT2D eigenvalue weighted by Gasteiger charge is 2.15. The minimum absolute atomic E-state index is 0.0676. The Morgan fingerprint density at radius 2 is 1.77 bits per heavy atom. The number of para-hydroxylation sites is 1. The molecule has 136 valence electrons. The number of carbonyl (C=O) groups excluding carboxylic acids is 3. The lowest BCUT2D eigenvalue weighted by molar-refractivity contribution is -0.116. The van der Waals surface area contributed by atoms with Crippen LogP contribution in [0.15, 0.2) is 42.5 Å². The molecule has 26 heavy (non-hydrogen) atoms. The maximum Gasteiger partial charge on any atom is 0.339 e. The van der Waals surface area contributed by atoms with Crippen molar-refractivity contribution in [3.63, 3.8) is 0 Å². The fraction of sp³-hybridized carbons (Fsp3) is 0.167. The number of esters is 1. The highest BCUT2D eigenvalue weighted by atomic mass is 19.1. The van der Waals surface area contributed by atoms with Crippen molar-refractivity contribution in [1.82, 2.24) is 5.32 Å². The summed E-state index contributed by atoms with van der Waals surface area (Å²) in [4.78, 5) is 35.4. The average molecular weight is 362 g/mol. The van der Waals surface area contributed by atoms with Crippen LogP contribution in [0.5, 0.6) is 0 Å². The Morgan fingerprint density at radius 1 is 1.04 bits per heavy atom. The molecule has 2 aromatic rings. The second kappa shape index (κ2) is 8.70. The average Bonchev–Trinajstić information content (AvgIpc) is 2.61. The number of hydrogen-bond donors (Lipinski definition) is 2. The van der Waals surface area contributed by atoms with Crippen LogP contribution in [0.25, 0.3) is 0 Å². The first-order valence-corrected chi connectivity index (χ1v) is 7.63. The van der Waals surface area contributed by atoms with Crippen LogP contribution in [-0.2, 0) is 9.53 Å². The standard InChI is InChI=1S/C18H16F2N2O4/c1-26-18(25)13-4-2-3-5-15(13)22-16(23)8-9-21-17(24)12-7-6-11(19)10-14(12)20/h2-7,10H,8-9H2,1H3,(H,21,24)(H,22,23). The minimum Gasteiger partial charge on any atom is -0.465 e. The number of benzene rings is 2. The Balaban J connectivity index is 1.90. The van der Waals surface area contributed by atoms with Crippen LogP contribution >= 0.6 is 0 Å². The van der Waals surface area contributed by atoms with E-state index in [2.05, 4.69) is 15.4 Å². The highest BCUT2D eigenvalue weighted by molar-refractivity contribution is 6.01. The largest absolute Gasteiger partial charge is 0.465 e. The molecule has 0 fully saturated rings. The number of hydrogen-bond acceptors (Lipinski definition) is 4. The third-order valence-electron chi connectivity index (χ3n) is 3.42. The summed E-state index contributed by atoms with van der Waals surface area (Å²) < 4.78 is 31.0. The van der Waals surface area contributed by atoms with E-state index >= 15 is 0 Å². The Hall–Kier alpha value is -3.29. The van der Waals surface area contributed by atoms with Gasteiger partial charge in [-0.25, -0.2) is 13.6 Å². The van der Waals surface area contributed by atoms with Gasteiger partial charge in [-0.05, 0) is 24.3 Å². The first-order valence-electron chi connectivity index (χ1n) is 7.63. The summed E-state index contributed by atoms with van der Waals surface area (Å²) in [6.07, 6.45) is -0.107. The van der Waals surface area contributed by atoms with Crippen molar-refractivity contribution in [3.8, 4) is 0 Å². The van der Waals surface area contributed by atoms with Crippen LogP contribution in [0.1, 0.15) is 27.1 Å². The van der Waals surface area contributed by atoms with Crippen LogP contribution < -0.4 is 10.6 Å². The molecular weight excluding hydrogens is 346 g/mol. The molecule has 6 nitrogen and oxygen atoms in total. The zero-order valence-corrected chi connectivity index (χ0v) is 13.8. The number of carbonyl (C=O) groups is 3. The van der Waals surface area contributed by atoms with Gasteiger partial charge in [0, 0.05) is 19.0 Å². The molecular formula is C18H16F2N2O4. The zero-order chi connectivity index (χ0) is 19.1. The van der Waals surface area contributed by atoms with E-state index in [1.807, 2.05) is 0 Å². The molecule has 0 spiro atoms. The van der Waals surface area contributed by atoms with E-state index in [0.29, 0.717) is 6.07 Å². The van der Waals surface area contributed by atoms with Crippen molar-refractivity contribution in [2.45, 2.75) is 6.42 Å². The Kier molecular flexibility index (Phi) is 6.37. The summed E-state index contributed by atoms with van der Waals surface area (Å²) in [5.41, 5.74) is 0.156. The quantitative estimate of drug-likeness (QED) is 0.774. The summed E-state index contributed by atoms with van der Waals surface area (Å²) in [5, 5.41) is 4.91. The first-order chi connectivity index (χ1) is 12.4. The fourth-order valence-corrected chi connectivity index (χ4v) is 2.15. The molecule has 0 aromatic heterocycles. The van der Waals surface area contributed by atoms with E-state index in [0.717, 1.165) is 12.1 Å². The van der Waals surface area contributed by atoms with Gasteiger partial charge in [-0.15, -0.1) is 0 Å². The van der Waals surface area contributed by atoms with E-state index < -0.39 is 29.4 Å². The summed E-state index contributed by atoms with van der Waals surface area (Å²) >= 11 is 0. The number of methoxy groups -OCH3 is 1. The number of amides is 2. The number of rotatable bonds is 6. The Bertz CT molecular complexity index is 840. The summed E-state index contributed by atoms with van der Waals surface area (Å²) in [6, 6.07) is 8.89. The maximum absolute atomic E-state index is 13.5. The van der Waals surface area contributed by atoms with Crippen molar-refractivity contribution >= 4 is 23.5 Å². The number of ether oxygens (including phenoxy) is 1. The predicted octanol–water partition coefficient (Wildman–Crippen LogP) is 2.51. The monoisotopic (exact) mass is 362 g/mol. The second-order valence-electron chi connectivity index (χ2n) is 5.22. The van der Waals surface area contributed by atoms with Gasteiger partial charge in [-0.1, -0.05) is 12.1 Å². The number of anilines is 1. The van der Waals surface area contributed by atoms with E-state index in [1.165, 1.54) is 19.2 Å². The molecule has 0 saturated carbocycles. The molecule has 2 N–H and O–H groups in total. The third-order valence-corrected chi connectivity index (χ3v) is 3.42. The molecule has 0 unspecified atom stereocenters. The van der Waals surface area contributed by atoms with Gasteiger partial charge in [-0.3, -0.25) is 9.59 Å². The molecule has 8 heteroatoms. The third kappa shape index (κ3) is 4.85. The number of nitrogens with one attached hydrogen (secondary N) is 2. The molecule has 2 amide bonds. The predicted molar refractivity (Wildman–Crippen MR) is 89.7 cm³/mol. The van der Waals surface area contributed by atoms with Crippen LogP contribution in [0, 0.1) is 11.6 Å². The first kappa shape index (κ1) is 19.0. The SMILES string of the molecule is COC(=O)c1ccccc1NC(=O)CCNC(=O)c1ccc(F)cc1F. The van der Waals surface area contributed by atoms with Gasteiger partial charge in [0.1, 0.15) is 11.6 Å². The maximum atomic E-state index is 13.5. The number of halogens is 2. The van der Waals surface area contributed by atoms with E-state index in [9.17, 15) is 23.2 Å². The molecule has 0 aliphatic rings. The fourth-order valence-electron chi connectivity index (χ4n) is 2.15. The Labute approximate surface area is 148 Å². The van der Waals surface area contributed by atoms with Crippen molar-refractivity contribution in [2.24, 2.45) is 0 Å². The van der Waals surface area contributed by atoms with E-state index in [4.69, 9.17) is 0 Å². The highest BCUT2D eigenvalue weighted by Crippen LogP contribution is 2.16.